The summed E-state index contributed by atoms with van der Waals surface area (Å²) in [6, 6.07) is 5.40. The molecular formula is C13H18N2O2S. The van der Waals surface area contributed by atoms with E-state index in [4.69, 9.17) is 10.5 Å². The van der Waals surface area contributed by atoms with Crippen molar-refractivity contribution in [2.45, 2.75) is 18.9 Å². The standard InChI is InChI=1S/C13H18N2O2S/c1-17-10-2-3-12(14)11(8-10)13(16)15-9-4-6-18-7-5-9/h2-3,8-9H,4-7,14H2,1H3,(H,15,16). The molecule has 0 spiro atoms. The molecule has 0 aromatic heterocycles. The van der Waals surface area contributed by atoms with Crippen LogP contribution in [0.3, 0.4) is 0 Å². The van der Waals surface area contributed by atoms with Gasteiger partial charge in [0.2, 0.25) is 0 Å². The van der Waals surface area contributed by atoms with E-state index >= 15 is 0 Å². The largest absolute Gasteiger partial charge is 0.497 e. The Morgan fingerprint density at radius 1 is 1.44 bits per heavy atom. The first kappa shape index (κ1) is 13.1. The highest BCUT2D eigenvalue weighted by atomic mass is 32.2. The molecule has 1 amide bonds. The van der Waals surface area contributed by atoms with E-state index in [0.29, 0.717) is 17.0 Å². The van der Waals surface area contributed by atoms with E-state index in [1.54, 1.807) is 25.3 Å². The molecule has 4 nitrogen and oxygen atoms in total. The quantitative estimate of drug-likeness (QED) is 0.820. The molecule has 0 radical (unpaired) electrons. The van der Waals surface area contributed by atoms with E-state index in [1.165, 1.54) is 0 Å². The molecule has 3 N–H and O–H groups in total. The zero-order chi connectivity index (χ0) is 13.0. The minimum absolute atomic E-state index is 0.108. The normalized spacial score (nSPS) is 16.3. The fraction of sp³-hybridized carbons (Fsp3) is 0.462. The van der Waals surface area contributed by atoms with Crippen LogP contribution in [-0.2, 0) is 0 Å². The van der Waals surface area contributed by atoms with Gasteiger partial charge in [-0.2, -0.15) is 11.8 Å². The Kier molecular flexibility index (Phi) is 4.36. The van der Waals surface area contributed by atoms with Crippen LogP contribution in [-0.4, -0.2) is 30.6 Å². The van der Waals surface area contributed by atoms with Gasteiger partial charge in [0, 0.05) is 11.7 Å². The van der Waals surface area contributed by atoms with Gasteiger partial charge in [0.05, 0.1) is 12.7 Å². The molecule has 1 aromatic rings. The van der Waals surface area contributed by atoms with Gasteiger partial charge in [-0.1, -0.05) is 0 Å². The van der Waals surface area contributed by atoms with Crippen LogP contribution in [0.2, 0.25) is 0 Å². The summed E-state index contributed by atoms with van der Waals surface area (Å²) in [7, 11) is 1.57. The highest BCUT2D eigenvalue weighted by molar-refractivity contribution is 7.99. The maximum Gasteiger partial charge on any atom is 0.253 e. The van der Waals surface area contributed by atoms with Crippen LogP contribution in [0, 0.1) is 0 Å². The highest BCUT2D eigenvalue weighted by Gasteiger charge is 2.18. The van der Waals surface area contributed by atoms with E-state index in [9.17, 15) is 4.79 Å². The van der Waals surface area contributed by atoms with Crippen molar-refractivity contribution in [3.63, 3.8) is 0 Å². The lowest BCUT2D eigenvalue weighted by Gasteiger charge is -2.22. The number of rotatable bonds is 3. The average Bonchev–Trinajstić information content (AvgIpc) is 2.40. The number of ether oxygens (including phenoxy) is 1. The lowest BCUT2D eigenvalue weighted by atomic mass is 10.1. The van der Waals surface area contributed by atoms with Gasteiger partial charge >= 0.3 is 0 Å². The Hall–Kier alpha value is -1.36. The molecule has 1 aliphatic rings. The molecule has 5 heteroatoms. The predicted octanol–water partition coefficient (Wildman–Crippen LogP) is 1.90. The molecule has 0 atom stereocenters. The van der Waals surface area contributed by atoms with Crippen molar-refractivity contribution < 1.29 is 9.53 Å². The SMILES string of the molecule is COc1ccc(N)c(C(=O)NC2CCSCC2)c1. The van der Waals surface area contributed by atoms with Crippen molar-refractivity contribution in [2.24, 2.45) is 0 Å². The summed E-state index contributed by atoms with van der Waals surface area (Å²) in [5, 5.41) is 3.04. The summed E-state index contributed by atoms with van der Waals surface area (Å²) in [5.74, 6) is 2.76. The van der Waals surface area contributed by atoms with Crippen molar-refractivity contribution in [3.05, 3.63) is 23.8 Å². The molecule has 1 saturated heterocycles. The fourth-order valence-electron chi connectivity index (χ4n) is 1.96. The maximum atomic E-state index is 12.1. The number of thioether (sulfide) groups is 1. The number of anilines is 1. The Bertz CT molecular complexity index is 431. The number of amides is 1. The molecule has 0 bridgehead atoms. The van der Waals surface area contributed by atoms with Crippen molar-refractivity contribution >= 4 is 23.4 Å². The highest BCUT2D eigenvalue weighted by Crippen LogP contribution is 2.21. The lowest BCUT2D eigenvalue weighted by Crippen LogP contribution is -2.37. The van der Waals surface area contributed by atoms with Gasteiger partial charge in [-0.3, -0.25) is 4.79 Å². The molecular weight excluding hydrogens is 248 g/mol. The third-order valence-electron chi connectivity index (χ3n) is 3.06. The van der Waals surface area contributed by atoms with Crippen molar-refractivity contribution in [2.75, 3.05) is 24.3 Å². The Morgan fingerprint density at radius 3 is 2.83 bits per heavy atom. The molecule has 1 heterocycles. The molecule has 2 rings (SSSR count). The van der Waals surface area contributed by atoms with Gasteiger partial charge in [-0.25, -0.2) is 0 Å². The minimum Gasteiger partial charge on any atom is -0.497 e. The van der Waals surface area contributed by atoms with Crippen LogP contribution in [0.4, 0.5) is 5.69 Å². The number of methoxy groups -OCH3 is 1. The third kappa shape index (κ3) is 3.10. The number of hydrogen-bond donors (Lipinski definition) is 2. The number of carbonyl (C=O) groups is 1. The van der Waals surface area contributed by atoms with Gasteiger partial charge in [-0.15, -0.1) is 0 Å². The van der Waals surface area contributed by atoms with E-state index in [0.717, 1.165) is 24.3 Å². The summed E-state index contributed by atoms with van der Waals surface area (Å²) in [4.78, 5) is 12.1. The molecule has 0 saturated carbocycles. The van der Waals surface area contributed by atoms with Gasteiger partial charge in [-0.05, 0) is 42.5 Å². The summed E-state index contributed by atoms with van der Waals surface area (Å²) in [6.45, 7) is 0. The van der Waals surface area contributed by atoms with E-state index in [2.05, 4.69) is 5.32 Å². The number of nitrogens with one attached hydrogen (secondary N) is 1. The Labute approximate surface area is 111 Å². The number of hydrogen-bond acceptors (Lipinski definition) is 4. The smallest absolute Gasteiger partial charge is 0.253 e. The molecule has 98 valence electrons. The number of nitrogens with two attached hydrogens (primary N) is 1. The Morgan fingerprint density at radius 2 is 2.17 bits per heavy atom. The number of nitrogen functional groups attached to an aromatic ring is 1. The van der Waals surface area contributed by atoms with Crippen molar-refractivity contribution in [1.29, 1.82) is 0 Å². The molecule has 0 aliphatic carbocycles. The van der Waals surface area contributed by atoms with Gasteiger partial charge in [0.25, 0.3) is 5.91 Å². The van der Waals surface area contributed by atoms with Crippen LogP contribution < -0.4 is 15.8 Å². The third-order valence-corrected chi connectivity index (χ3v) is 4.11. The second kappa shape index (κ2) is 6.00. The van der Waals surface area contributed by atoms with Gasteiger partial charge in [0.15, 0.2) is 0 Å². The average molecular weight is 266 g/mol. The van der Waals surface area contributed by atoms with Crippen LogP contribution in [0.1, 0.15) is 23.2 Å². The zero-order valence-corrected chi connectivity index (χ0v) is 11.3. The van der Waals surface area contributed by atoms with Crippen LogP contribution >= 0.6 is 11.8 Å². The van der Waals surface area contributed by atoms with E-state index < -0.39 is 0 Å². The van der Waals surface area contributed by atoms with Crippen LogP contribution in [0.5, 0.6) is 5.75 Å². The molecule has 1 aromatic carbocycles. The summed E-state index contributed by atoms with van der Waals surface area (Å²) >= 11 is 1.93. The van der Waals surface area contributed by atoms with E-state index in [-0.39, 0.29) is 11.9 Å². The Balaban J connectivity index is 2.07. The van der Waals surface area contributed by atoms with Crippen LogP contribution in [0.15, 0.2) is 18.2 Å². The molecule has 0 unspecified atom stereocenters. The number of carbonyl (C=O) groups excluding carboxylic acids is 1. The lowest BCUT2D eigenvalue weighted by molar-refractivity contribution is 0.0935. The summed E-state index contributed by atoms with van der Waals surface area (Å²) in [6.07, 6.45) is 2.06. The summed E-state index contributed by atoms with van der Waals surface area (Å²) in [5.41, 5.74) is 6.81. The minimum atomic E-state index is -0.108. The van der Waals surface area contributed by atoms with Crippen LogP contribution in [0.25, 0.3) is 0 Å². The molecule has 1 fully saturated rings. The monoisotopic (exact) mass is 266 g/mol. The topological polar surface area (TPSA) is 64.3 Å². The second-order valence-corrected chi connectivity index (χ2v) is 5.54. The van der Waals surface area contributed by atoms with Gasteiger partial charge < -0.3 is 15.8 Å². The maximum absolute atomic E-state index is 12.1. The first-order valence-corrected chi connectivity index (χ1v) is 7.18. The second-order valence-electron chi connectivity index (χ2n) is 4.31. The van der Waals surface area contributed by atoms with Gasteiger partial charge in [0.1, 0.15) is 5.75 Å². The van der Waals surface area contributed by atoms with Crippen molar-refractivity contribution in [3.8, 4) is 5.75 Å². The predicted molar refractivity (Wildman–Crippen MR) is 75.2 cm³/mol. The van der Waals surface area contributed by atoms with E-state index in [1.807, 2.05) is 11.8 Å². The summed E-state index contributed by atoms with van der Waals surface area (Å²) < 4.78 is 5.11. The first-order valence-electron chi connectivity index (χ1n) is 6.03. The zero-order valence-electron chi connectivity index (χ0n) is 10.4. The molecule has 18 heavy (non-hydrogen) atoms. The van der Waals surface area contributed by atoms with Crippen molar-refractivity contribution in [1.82, 2.24) is 5.32 Å². The number of benzene rings is 1. The molecule has 1 aliphatic heterocycles. The fourth-order valence-corrected chi connectivity index (χ4v) is 3.07. The first-order chi connectivity index (χ1) is 8.70.